The number of amides is 2. The van der Waals surface area contributed by atoms with Gasteiger partial charge in [-0.05, 0) is 46.2 Å². The van der Waals surface area contributed by atoms with Crippen LogP contribution in [0.25, 0.3) is 0 Å². The van der Waals surface area contributed by atoms with Crippen molar-refractivity contribution in [2.24, 2.45) is 5.92 Å². The molecular weight excluding hydrogens is 382 g/mol. The van der Waals surface area contributed by atoms with Crippen LogP contribution in [0.1, 0.15) is 47.5 Å². The van der Waals surface area contributed by atoms with E-state index < -0.39 is 0 Å². The SMILES string of the molecule is CCNC(=O)N1C[C@@H]2C[C@H](C1)c1ccc(CN(C)Cc3c(C)noc3C)c(=O)n1C2. The minimum atomic E-state index is 0.000523. The second kappa shape index (κ2) is 8.26. The fourth-order valence-corrected chi connectivity index (χ4v) is 4.88. The Morgan fingerprint density at radius 3 is 2.77 bits per heavy atom. The van der Waals surface area contributed by atoms with E-state index >= 15 is 0 Å². The first-order valence-corrected chi connectivity index (χ1v) is 10.7. The zero-order valence-electron chi connectivity index (χ0n) is 18.3. The van der Waals surface area contributed by atoms with Crippen molar-refractivity contribution in [3.05, 3.63) is 50.8 Å². The molecule has 2 atom stereocenters. The topological polar surface area (TPSA) is 83.6 Å². The Labute approximate surface area is 176 Å². The van der Waals surface area contributed by atoms with Crippen molar-refractivity contribution < 1.29 is 9.32 Å². The molecule has 4 heterocycles. The summed E-state index contributed by atoms with van der Waals surface area (Å²) in [4.78, 5) is 29.6. The molecule has 1 saturated heterocycles. The van der Waals surface area contributed by atoms with Crippen LogP contribution in [0, 0.1) is 19.8 Å². The molecule has 2 amide bonds. The summed E-state index contributed by atoms with van der Waals surface area (Å²) in [6, 6.07) is 4.05. The van der Waals surface area contributed by atoms with E-state index in [1.807, 2.05) is 43.4 Å². The number of carbonyl (C=O) groups excluding carboxylic acids is 1. The normalized spacial score (nSPS) is 20.4. The second-order valence-electron chi connectivity index (χ2n) is 8.71. The van der Waals surface area contributed by atoms with Gasteiger partial charge in [0.2, 0.25) is 0 Å². The molecule has 0 saturated carbocycles. The first-order valence-electron chi connectivity index (χ1n) is 10.7. The zero-order chi connectivity index (χ0) is 21.4. The molecule has 0 aromatic carbocycles. The molecule has 1 fully saturated rings. The number of carbonyl (C=O) groups is 1. The maximum atomic E-state index is 13.2. The molecule has 4 rings (SSSR count). The van der Waals surface area contributed by atoms with Crippen LogP contribution in [-0.4, -0.2) is 52.2 Å². The lowest BCUT2D eigenvalue weighted by Gasteiger charge is -2.42. The highest BCUT2D eigenvalue weighted by Crippen LogP contribution is 2.35. The van der Waals surface area contributed by atoms with Gasteiger partial charge in [-0.15, -0.1) is 0 Å². The Balaban J connectivity index is 1.51. The first-order chi connectivity index (χ1) is 14.4. The van der Waals surface area contributed by atoms with E-state index in [2.05, 4.69) is 21.4 Å². The van der Waals surface area contributed by atoms with Gasteiger partial charge in [0.15, 0.2) is 0 Å². The zero-order valence-corrected chi connectivity index (χ0v) is 18.3. The molecule has 2 aromatic rings. The van der Waals surface area contributed by atoms with Gasteiger partial charge in [0, 0.05) is 62.0 Å². The predicted molar refractivity (Wildman–Crippen MR) is 113 cm³/mol. The Morgan fingerprint density at radius 1 is 1.27 bits per heavy atom. The number of fused-ring (bicyclic) bond motifs is 4. The summed E-state index contributed by atoms with van der Waals surface area (Å²) < 4.78 is 7.20. The monoisotopic (exact) mass is 413 g/mol. The van der Waals surface area contributed by atoms with Crippen LogP contribution < -0.4 is 10.9 Å². The molecule has 2 aromatic heterocycles. The number of pyridine rings is 1. The molecule has 162 valence electrons. The van der Waals surface area contributed by atoms with Gasteiger partial charge in [-0.3, -0.25) is 9.69 Å². The standard InChI is InChI=1S/C22H31N5O3/c1-5-23-22(29)26-9-16-8-18(12-26)20-7-6-17(21(28)27(20)10-16)11-25(4)13-19-14(2)24-30-15(19)3/h6-7,16,18H,5,8-13H2,1-4H3,(H,23,29)/t16-,18+/m0/s1. The van der Waals surface area contributed by atoms with Crippen LogP contribution in [0.4, 0.5) is 4.79 Å². The molecule has 0 radical (unpaired) electrons. The van der Waals surface area contributed by atoms with Crippen molar-refractivity contribution in [2.75, 3.05) is 26.7 Å². The highest BCUT2D eigenvalue weighted by Gasteiger charge is 2.36. The lowest BCUT2D eigenvalue weighted by Crippen LogP contribution is -2.52. The molecule has 2 bridgehead atoms. The van der Waals surface area contributed by atoms with Gasteiger partial charge in [-0.2, -0.15) is 0 Å². The van der Waals surface area contributed by atoms with Gasteiger partial charge in [-0.1, -0.05) is 11.2 Å². The largest absolute Gasteiger partial charge is 0.361 e. The Kier molecular flexibility index (Phi) is 5.69. The van der Waals surface area contributed by atoms with Crippen LogP contribution in [0.2, 0.25) is 0 Å². The predicted octanol–water partition coefficient (Wildman–Crippen LogP) is 2.23. The molecule has 2 aliphatic rings. The first kappa shape index (κ1) is 20.7. The smallest absolute Gasteiger partial charge is 0.317 e. The van der Waals surface area contributed by atoms with Crippen molar-refractivity contribution >= 4 is 6.03 Å². The lowest BCUT2D eigenvalue weighted by atomic mass is 9.83. The van der Waals surface area contributed by atoms with Gasteiger partial charge in [0.05, 0.1) is 5.69 Å². The average molecular weight is 414 g/mol. The van der Waals surface area contributed by atoms with Crippen molar-refractivity contribution in [2.45, 2.75) is 52.7 Å². The number of likely N-dealkylation sites (tertiary alicyclic amines) is 1. The third-order valence-electron chi connectivity index (χ3n) is 6.35. The number of piperidine rings is 1. The number of hydrogen-bond acceptors (Lipinski definition) is 5. The highest BCUT2D eigenvalue weighted by atomic mass is 16.5. The van der Waals surface area contributed by atoms with Gasteiger partial charge < -0.3 is 19.3 Å². The molecule has 30 heavy (non-hydrogen) atoms. The fourth-order valence-electron chi connectivity index (χ4n) is 4.88. The number of rotatable bonds is 5. The molecule has 0 spiro atoms. The Morgan fingerprint density at radius 2 is 2.07 bits per heavy atom. The average Bonchev–Trinajstić information content (AvgIpc) is 3.02. The summed E-state index contributed by atoms with van der Waals surface area (Å²) >= 11 is 0. The molecule has 8 heteroatoms. The minimum Gasteiger partial charge on any atom is -0.361 e. The molecular formula is C22H31N5O3. The van der Waals surface area contributed by atoms with E-state index in [1.165, 1.54) is 0 Å². The number of nitrogens with one attached hydrogen (secondary N) is 1. The highest BCUT2D eigenvalue weighted by molar-refractivity contribution is 5.74. The van der Waals surface area contributed by atoms with Crippen LogP contribution >= 0.6 is 0 Å². The molecule has 1 N–H and O–H groups in total. The minimum absolute atomic E-state index is 0.000523. The molecule has 0 aliphatic carbocycles. The van der Waals surface area contributed by atoms with Crippen LogP contribution in [0.3, 0.4) is 0 Å². The summed E-state index contributed by atoms with van der Waals surface area (Å²) in [6.45, 7) is 9.75. The Bertz CT molecular complexity index is 976. The van der Waals surface area contributed by atoms with Gasteiger partial charge in [-0.25, -0.2) is 4.79 Å². The molecule has 8 nitrogen and oxygen atoms in total. The van der Waals surface area contributed by atoms with Crippen molar-refractivity contribution in [3.63, 3.8) is 0 Å². The molecule has 2 aliphatic heterocycles. The van der Waals surface area contributed by atoms with Crippen molar-refractivity contribution in [1.82, 2.24) is 24.8 Å². The van der Waals surface area contributed by atoms with E-state index in [-0.39, 0.29) is 17.5 Å². The Hall–Kier alpha value is -2.61. The van der Waals surface area contributed by atoms with E-state index in [4.69, 9.17) is 4.52 Å². The number of aryl methyl sites for hydroxylation is 2. The summed E-state index contributed by atoms with van der Waals surface area (Å²) in [7, 11) is 2.01. The second-order valence-corrected chi connectivity index (χ2v) is 8.71. The van der Waals surface area contributed by atoms with Crippen molar-refractivity contribution in [1.29, 1.82) is 0 Å². The number of hydrogen-bond donors (Lipinski definition) is 1. The molecule has 0 unspecified atom stereocenters. The third-order valence-corrected chi connectivity index (χ3v) is 6.35. The van der Waals surface area contributed by atoms with Gasteiger partial charge in [0.1, 0.15) is 5.76 Å². The maximum absolute atomic E-state index is 13.2. The number of aromatic nitrogens is 2. The summed E-state index contributed by atoms with van der Waals surface area (Å²) in [5.74, 6) is 1.37. The van der Waals surface area contributed by atoms with Crippen LogP contribution in [-0.2, 0) is 19.6 Å². The summed E-state index contributed by atoms with van der Waals surface area (Å²) in [5.41, 5.74) is 3.93. The van der Waals surface area contributed by atoms with E-state index in [0.717, 1.165) is 34.7 Å². The van der Waals surface area contributed by atoms with Crippen LogP contribution in [0.5, 0.6) is 0 Å². The third kappa shape index (κ3) is 3.88. The van der Waals surface area contributed by atoms with Crippen LogP contribution in [0.15, 0.2) is 21.5 Å². The number of urea groups is 1. The maximum Gasteiger partial charge on any atom is 0.317 e. The van der Waals surface area contributed by atoms with Gasteiger partial charge in [0.25, 0.3) is 5.56 Å². The van der Waals surface area contributed by atoms with E-state index in [9.17, 15) is 9.59 Å². The fraction of sp³-hybridized carbons (Fsp3) is 0.591. The summed E-state index contributed by atoms with van der Waals surface area (Å²) in [5, 5.41) is 6.91. The lowest BCUT2D eigenvalue weighted by molar-refractivity contribution is 0.131. The quantitative estimate of drug-likeness (QED) is 0.813. The number of nitrogens with zero attached hydrogens (tertiary/aromatic N) is 4. The van der Waals surface area contributed by atoms with E-state index in [0.29, 0.717) is 45.2 Å². The van der Waals surface area contributed by atoms with Crippen molar-refractivity contribution in [3.8, 4) is 0 Å². The van der Waals surface area contributed by atoms with E-state index in [1.54, 1.807) is 0 Å². The van der Waals surface area contributed by atoms with Gasteiger partial charge >= 0.3 is 6.03 Å². The summed E-state index contributed by atoms with van der Waals surface area (Å²) in [6.07, 6.45) is 1.04.